The zero-order valence-electron chi connectivity index (χ0n) is 6.66. The smallest absolute Gasteiger partial charge is 0.425 e. The Bertz CT molecular complexity index is 138. The fraction of sp³-hybridized carbons (Fsp3) is 0.667. The van der Waals surface area contributed by atoms with Crippen molar-refractivity contribution in [3.05, 3.63) is 0 Å². The largest absolute Gasteiger partial charge is 0.452 e. The van der Waals surface area contributed by atoms with Crippen LogP contribution in [0.1, 0.15) is 13.3 Å². The standard InChI is InChI=1S/C6H12N2O3/c1-3-4-8(5-9)7-6(10)11-2/h5H,3-4H2,1-2H3,(H,7,10). The molecule has 0 aromatic heterocycles. The van der Waals surface area contributed by atoms with Crippen LogP contribution < -0.4 is 5.43 Å². The van der Waals surface area contributed by atoms with Crippen molar-refractivity contribution in [2.45, 2.75) is 13.3 Å². The third kappa shape index (κ3) is 4.19. The number of carbonyl (C=O) groups is 2. The van der Waals surface area contributed by atoms with Crippen molar-refractivity contribution in [3.63, 3.8) is 0 Å². The molecule has 5 heteroatoms. The van der Waals surface area contributed by atoms with Crippen LogP contribution in [0.2, 0.25) is 0 Å². The molecule has 64 valence electrons. The number of nitrogens with one attached hydrogen (secondary N) is 1. The fourth-order valence-electron chi connectivity index (χ4n) is 0.539. The molecule has 0 radical (unpaired) electrons. The van der Waals surface area contributed by atoms with Crippen LogP contribution in [0.25, 0.3) is 0 Å². The Labute approximate surface area is 65.3 Å². The van der Waals surface area contributed by atoms with Gasteiger partial charge in [-0.25, -0.2) is 10.2 Å². The highest BCUT2D eigenvalue weighted by Gasteiger charge is 2.03. The molecular formula is C6H12N2O3. The molecule has 0 saturated carbocycles. The molecule has 0 aliphatic carbocycles. The number of rotatable bonds is 4. The summed E-state index contributed by atoms with van der Waals surface area (Å²) in [6.07, 6.45) is 0.689. The zero-order chi connectivity index (χ0) is 8.69. The molecule has 0 aromatic rings. The van der Waals surface area contributed by atoms with Crippen LogP contribution in [-0.2, 0) is 9.53 Å². The molecule has 0 fully saturated rings. The summed E-state index contributed by atoms with van der Waals surface area (Å²) in [4.78, 5) is 20.7. The minimum atomic E-state index is -0.634. The van der Waals surface area contributed by atoms with Crippen LogP contribution in [0, 0.1) is 0 Å². The number of carbonyl (C=O) groups excluding carboxylic acids is 2. The van der Waals surface area contributed by atoms with Gasteiger partial charge in [-0.1, -0.05) is 6.92 Å². The van der Waals surface area contributed by atoms with Crippen molar-refractivity contribution < 1.29 is 14.3 Å². The minimum absolute atomic E-state index is 0.485. The average Bonchev–Trinajstić information content (AvgIpc) is 2.03. The normalized spacial score (nSPS) is 8.55. The third-order valence-corrected chi connectivity index (χ3v) is 1.01. The second kappa shape index (κ2) is 5.52. The maximum Gasteiger partial charge on any atom is 0.425 e. The lowest BCUT2D eigenvalue weighted by atomic mass is 10.5. The van der Waals surface area contributed by atoms with Crippen molar-refractivity contribution in [3.8, 4) is 0 Å². The van der Waals surface area contributed by atoms with Gasteiger partial charge in [0.1, 0.15) is 0 Å². The van der Waals surface area contributed by atoms with Crippen molar-refractivity contribution >= 4 is 12.5 Å². The first-order valence-electron chi connectivity index (χ1n) is 3.31. The molecule has 0 unspecified atom stereocenters. The van der Waals surface area contributed by atoms with Crippen molar-refractivity contribution in [1.82, 2.24) is 10.4 Å². The molecule has 1 N–H and O–H groups in total. The summed E-state index contributed by atoms with van der Waals surface area (Å²) in [6, 6.07) is 0. The van der Waals surface area contributed by atoms with Gasteiger partial charge in [0.05, 0.1) is 7.11 Å². The van der Waals surface area contributed by atoms with Crippen molar-refractivity contribution in [1.29, 1.82) is 0 Å². The SMILES string of the molecule is CCCN(C=O)NC(=O)OC. The quantitative estimate of drug-likeness (QED) is 0.469. The van der Waals surface area contributed by atoms with E-state index in [1.807, 2.05) is 6.92 Å². The van der Waals surface area contributed by atoms with E-state index in [-0.39, 0.29) is 0 Å². The van der Waals surface area contributed by atoms with E-state index in [1.165, 1.54) is 7.11 Å². The van der Waals surface area contributed by atoms with Gasteiger partial charge in [0, 0.05) is 6.54 Å². The first-order valence-corrected chi connectivity index (χ1v) is 3.31. The highest BCUT2D eigenvalue weighted by Crippen LogP contribution is 1.82. The number of methoxy groups -OCH3 is 1. The van der Waals surface area contributed by atoms with E-state index in [2.05, 4.69) is 10.2 Å². The molecule has 0 spiro atoms. The highest BCUT2D eigenvalue weighted by atomic mass is 16.5. The van der Waals surface area contributed by atoms with E-state index in [4.69, 9.17) is 0 Å². The van der Waals surface area contributed by atoms with Gasteiger partial charge < -0.3 is 4.74 Å². The number of nitrogens with zero attached hydrogens (tertiary/aromatic N) is 1. The zero-order valence-corrected chi connectivity index (χ0v) is 6.66. The average molecular weight is 160 g/mol. The maximum atomic E-state index is 10.5. The van der Waals surface area contributed by atoms with E-state index in [0.29, 0.717) is 13.0 Å². The Hall–Kier alpha value is -1.26. The van der Waals surface area contributed by atoms with Gasteiger partial charge in [0.15, 0.2) is 0 Å². The summed E-state index contributed by atoms with van der Waals surface area (Å²) in [5.41, 5.74) is 2.22. The molecular weight excluding hydrogens is 148 g/mol. The highest BCUT2D eigenvalue weighted by molar-refractivity contribution is 5.68. The lowest BCUT2D eigenvalue weighted by Gasteiger charge is -2.15. The maximum absolute atomic E-state index is 10.5. The second-order valence-electron chi connectivity index (χ2n) is 1.90. The Kier molecular flexibility index (Phi) is 4.89. The number of hydrazine groups is 1. The third-order valence-electron chi connectivity index (χ3n) is 1.01. The van der Waals surface area contributed by atoms with Crippen LogP contribution in [-0.4, -0.2) is 31.2 Å². The summed E-state index contributed by atoms with van der Waals surface area (Å²) in [6.45, 7) is 2.38. The summed E-state index contributed by atoms with van der Waals surface area (Å²) >= 11 is 0. The molecule has 0 rings (SSSR count). The second-order valence-corrected chi connectivity index (χ2v) is 1.90. The van der Waals surface area contributed by atoms with Gasteiger partial charge in [0.25, 0.3) is 0 Å². The molecule has 0 aliphatic rings. The van der Waals surface area contributed by atoms with Gasteiger partial charge in [0.2, 0.25) is 6.41 Å². The van der Waals surface area contributed by atoms with Crippen LogP contribution in [0.4, 0.5) is 4.79 Å². The number of amides is 2. The monoisotopic (exact) mass is 160 g/mol. The Morgan fingerprint density at radius 2 is 2.36 bits per heavy atom. The first kappa shape index (κ1) is 9.74. The number of ether oxygens (including phenoxy) is 1. The Morgan fingerprint density at radius 1 is 1.73 bits per heavy atom. The van der Waals surface area contributed by atoms with Crippen molar-refractivity contribution in [2.24, 2.45) is 0 Å². The number of hydrogen-bond donors (Lipinski definition) is 1. The van der Waals surface area contributed by atoms with E-state index < -0.39 is 6.09 Å². The molecule has 0 bridgehead atoms. The van der Waals surface area contributed by atoms with E-state index >= 15 is 0 Å². The van der Waals surface area contributed by atoms with Gasteiger partial charge >= 0.3 is 6.09 Å². The van der Waals surface area contributed by atoms with E-state index in [9.17, 15) is 9.59 Å². The van der Waals surface area contributed by atoms with E-state index in [1.54, 1.807) is 0 Å². The van der Waals surface area contributed by atoms with Crippen molar-refractivity contribution in [2.75, 3.05) is 13.7 Å². The molecule has 0 heterocycles. The van der Waals surface area contributed by atoms with Gasteiger partial charge in [-0.3, -0.25) is 9.80 Å². The minimum Gasteiger partial charge on any atom is -0.452 e. The summed E-state index contributed by atoms with van der Waals surface area (Å²) in [7, 11) is 1.24. The fourth-order valence-corrected chi connectivity index (χ4v) is 0.539. The predicted octanol–water partition coefficient (Wildman–Crippen LogP) is 0.126. The summed E-state index contributed by atoms with van der Waals surface area (Å²) in [5.74, 6) is 0. The van der Waals surface area contributed by atoms with Crippen LogP contribution in [0.5, 0.6) is 0 Å². The van der Waals surface area contributed by atoms with Gasteiger partial charge in [-0.15, -0.1) is 0 Å². The number of hydrogen-bond acceptors (Lipinski definition) is 3. The molecule has 0 aliphatic heterocycles. The van der Waals surface area contributed by atoms with E-state index in [0.717, 1.165) is 11.4 Å². The Balaban J connectivity index is 3.67. The lowest BCUT2D eigenvalue weighted by molar-refractivity contribution is -0.120. The first-order chi connectivity index (χ1) is 5.24. The Morgan fingerprint density at radius 3 is 2.73 bits per heavy atom. The topological polar surface area (TPSA) is 58.6 Å². The van der Waals surface area contributed by atoms with Crippen LogP contribution >= 0.6 is 0 Å². The summed E-state index contributed by atoms with van der Waals surface area (Å²) in [5, 5.41) is 1.13. The predicted molar refractivity (Wildman–Crippen MR) is 38.6 cm³/mol. The molecule has 5 nitrogen and oxygen atoms in total. The van der Waals surface area contributed by atoms with Gasteiger partial charge in [-0.05, 0) is 6.42 Å². The molecule has 0 saturated heterocycles. The van der Waals surface area contributed by atoms with Crippen LogP contribution in [0.3, 0.4) is 0 Å². The molecule has 0 aromatic carbocycles. The lowest BCUT2D eigenvalue weighted by Crippen LogP contribution is -2.41. The molecule has 0 atom stereocenters. The summed E-state index contributed by atoms with van der Waals surface area (Å²) < 4.78 is 4.28. The molecule has 11 heavy (non-hydrogen) atoms. The van der Waals surface area contributed by atoms with Gasteiger partial charge in [-0.2, -0.15) is 0 Å². The van der Waals surface area contributed by atoms with Crippen LogP contribution in [0.15, 0.2) is 0 Å². The molecule has 2 amide bonds.